The van der Waals surface area contributed by atoms with Gasteiger partial charge in [0, 0.05) is 18.3 Å². The van der Waals surface area contributed by atoms with Crippen molar-refractivity contribution in [3.05, 3.63) is 71.3 Å². The van der Waals surface area contributed by atoms with Crippen LogP contribution in [0, 0.1) is 4.77 Å². The summed E-state index contributed by atoms with van der Waals surface area (Å²) in [6, 6.07) is 18.9. The molecule has 0 aliphatic carbocycles. The minimum absolute atomic E-state index is 0.393. The zero-order valence-corrected chi connectivity index (χ0v) is 15.6. The first-order valence-electron chi connectivity index (χ1n) is 8.84. The number of ether oxygens (including phenoxy) is 1. The molecule has 2 aromatic carbocycles. The fourth-order valence-corrected chi connectivity index (χ4v) is 3.83. The number of nitrogens with zero attached hydrogens (tertiary/aromatic N) is 4. The molecule has 0 N–H and O–H groups in total. The summed E-state index contributed by atoms with van der Waals surface area (Å²) in [6.45, 7) is 1.76. The topological polar surface area (TPSA) is 35.2 Å². The van der Waals surface area contributed by atoms with Crippen LogP contribution in [0.4, 0.5) is 0 Å². The highest BCUT2D eigenvalue weighted by atomic mass is 32.1. The van der Waals surface area contributed by atoms with Crippen LogP contribution in [0.15, 0.2) is 60.9 Å². The van der Waals surface area contributed by atoms with Gasteiger partial charge in [-0.05, 0) is 54.9 Å². The second-order valence-corrected chi connectivity index (χ2v) is 6.87. The molecule has 1 saturated heterocycles. The molecule has 1 aliphatic heterocycles. The number of para-hydroxylation sites is 1. The normalized spacial score (nSPS) is 17.5. The molecule has 0 unspecified atom stereocenters. The van der Waals surface area contributed by atoms with Crippen molar-refractivity contribution >= 4 is 12.2 Å². The summed E-state index contributed by atoms with van der Waals surface area (Å²) in [4.78, 5) is 2.44. The Labute approximate surface area is 158 Å². The van der Waals surface area contributed by atoms with Gasteiger partial charge in [0.2, 0.25) is 4.77 Å². The highest BCUT2D eigenvalue weighted by Crippen LogP contribution is 2.33. The van der Waals surface area contributed by atoms with Crippen LogP contribution < -0.4 is 4.74 Å². The first-order valence-corrected chi connectivity index (χ1v) is 9.25. The monoisotopic (exact) mass is 366 g/mol. The average Bonchev–Trinajstić information content (AvgIpc) is 3.30. The van der Waals surface area contributed by atoms with Crippen molar-refractivity contribution in [1.29, 1.82) is 0 Å². The van der Waals surface area contributed by atoms with Crippen LogP contribution in [0.5, 0.6) is 5.75 Å². The molecular weight excluding hydrogens is 344 g/mol. The maximum atomic E-state index is 5.65. The van der Waals surface area contributed by atoms with E-state index in [0.717, 1.165) is 29.2 Å². The van der Waals surface area contributed by atoms with Gasteiger partial charge in [0.1, 0.15) is 12.1 Å². The van der Waals surface area contributed by atoms with E-state index in [9.17, 15) is 0 Å². The van der Waals surface area contributed by atoms with Crippen molar-refractivity contribution in [2.24, 2.45) is 0 Å². The van der Waals surface area contributed by atoms with Gasteiger partial charge < -0.3 is 4.74 Å². The maximum Gasteiger partial charge on any atom is 0.203 e. The van der Waals surface area contributed by atoms with E-state index in [2.05, 4.69) is 22.1 Å². The van der Waals surface area contributed by atoms with Gasteiger partial charge in [-0.15, -0.1) is 0 Å². The first kappa shape index (κ1) is 17.0. The smallest absolute Gasteiger partial charge is 0.203 e. The lowest BCUT2D eigenvalue weighted by atomic mass is 10.0. The summed E-state index contributed by atoms with van der Waals surface area (Å²) in [6.07, 6.45) is 4.14. The number of rotatable bonds is 5. The third-order valence-corrected chi connectivity index (χ3v) is 5.36. The van der Waals surface area contributed by atoms with E-state index in [-0.39, 0.29) is 0 Å². The number of hydrogen-bond acceptors (Lipinski definition) is 4. The number of hydrogen-bond donors (Lipinski definition) is 0. The van der Waals surface area contributed by atoms with Crippen LogP contribution >= 0.6 is 12.2 Å². The van der Waals surface area contributed by atoms with Crippen LogP contribution in [0.2, 0.25) is 0 Å². The molecule has 0 radical (unpaired) electrons. The van der Waals surface area contributed by atoms with Crippen molar-refractivity contribution in [3.8, 4) is 11.4 Å². The molecule has 1 atom stereocenters. The van der Waals surface area contributed by atoms with Gasteiger partial charge in [-0.3, -0.25) is 9.47 Å². The molecule has 6 heteroatoms. The molecule has 3 aromatic rings. The second kappa shape index (κ2) is 7.43. The molecule has 26 heavy (non-hydrogen) atoms. The fourth-order valence-electron chi connectivity index (χ4n) is 3.57. The Hall–Kier alpha value is -2.44. The zero-order chi connectivity index (χ0) is 17.9. The molecule has 0 bridgehead atoms. The number of aromatic nitrogens is 3. The summed E-state index contributed by atoms with van der Waals surface area (Å²) in [7, 11) is 1.70. The zero-order valence-electron chi connectivity index (χ0n) is 14.8. The molecular formula is C20H22N4OS. The third-order valence-electron chi connectivity index (χ3n) is 4.95. The van der Waals surface area contributed by atoms with Crippen molar-refractivity contribution in [3.63, 3.8) is 0 Å². The largest absolute Gasteiger partial charge is 0.497 e. The van der Waals surface area contributed by atoms with Crippen LogP contribution in [-0.2, 0) is 6.67 Å². The van der Waals surface area contributed by atoms with Gasteiger partial charge in [-0.2, -0.15) is 5.10 Å². The van der Waals surface area contributed by atoms with E-state index in [1.54, 1.807) is 13.4 Å². The molecule has 0 spiro atoms. The molecule has 134 valence electrons. The van der Waals surface area contributed by atoms with Crippen LogP contribution in [0.25, 0.3) is 5.69 Å². The van der Waals surface area contributed by atoms with Gasteiger partial charge in [-0.25, -0.2) is 4.68 Å². The molecule has 5 nitrogen and oxygen atoms in total. The second-order valence-electron chi connectivity index (χ2n) is 6.50. The Morgan fingerprint density at radius 2 is 1.88 bits per heavy atom. The lowest BCUT2D eigenvalue weighted by molar-refractivity contribution is 0.190. The average molecular weight is 366 g/mol. The predicted molar refractivity (Wildman–Crippen MR) is 104 cm³/mol. The molecule has 0 amide bonds. The van der Waals surface area contributed by atoms with Crippen LogP contribution in [-0.4, -0.2) is 32.9 Å². The fraction of sp³-hybridized carbons (Fsp3) is 0.300. The molecule has 0 saturated carbocycles. The Balaban J connectivity index is 1.55. The molecule has 2 heterocycles. The molecule has 1 fully saturated rings. The Kier molecular flexibility index (Phi) is 4.86. The SMILES string of the molecule is COc1ccc([C@H]2CCCN2Cn2ncn(-c3ccccc3)c2=S)cc1. The molecule has 1 aromatic heterocycles. The Morgan fingerprint density at radius 1 is 1.12 bits per heavy atom. The van der Waals surface area contributed by atoms with Gasteiger partial charge in [-0.1, -0.05) is 30.3 Å². The highest BCUT2D eigenvalue weighted by molar-refractivity contribution is 7.71. The minimum atomic E-state index is 0.393. The van der Waals surface area contributed by atoms with Crippen molar-refractivity contribution < 1.29 is 4.74 Å². The van der Waals surface area contributed by atoms with Crippen LogP contribution in [0.1, 0.15) is 24.4 Å². The summed E-state index contributed by atoms with van der Waals surface area (Å²) in [5, 5.41) is 4.52. The summed E-state index contributed by atoms with van der Waals surface area (Å²) < 4.78 is 9.85. The maximum absolute atomic E-state index is 5.65. The molecule has 1 aliphatic rings. The van der Waals surface area contributed by atoms with Gasteiger partial charge >= 0.3 is 0 Å². The van der Waals surface area contributed by atoms with Crippen molar-refractivity contribution in [1.82, 2.24) is 19.2 Å². The molecule has 4 rings (SSSR count). The van der Waals surface area contributed by atoms with Crippen LogP contribution in [0.3, 0.4) is 0 Å². The number of methoxy groups -OCH3 is 1. The van der Waals surface area contributed by atoms with E-state index >= 15 is 0 Å². The quantitative estimate of drug-likeness (QED) is 0.634. The van der Waals surface area contributed by atoms with E-state index in [0.29, 0.717) is 12.7 Å². The van der Waals surface area contributed by atoms with Gasteiger partial charge in [0.05, 0.1) is 13.8 Å². The number of likely N-dealkylation sites (tertiary alicyclic amines) is 1. The first-order chi connectivity index (χ1) is 12.8. The third kappa shape index (κ3) is 3.30. The summed E-state index contributed by atoms with van der Waals surface area (Å²) in [5.74, 6) is 0.891. The van der Waals surface area contributed by atoms with Crippen molar-refractivity contribution in [2.45, 2.75) is 25.6 Å². The number of benzene rings is 2. The Morgan fingerprint density at radius 3 is 2.62 bits per heavy atom. The predicted octanol–water partition coefficient (Wildman–Crippen LogP) is 4.21. The summed E-state index contributed by atoms with van der Waals surface area (Å²) >= 11 is 5.65. The Bertz CT molecular complexity index is 917. The van der Waals surface area contributed by atoms with E-state index in [4.69, 9.17) is 17.0 Å². The van der Waals surface area contributed by atoms with Crippen molar-refractivity contribution in [2.75, 3.05) is 13.7 Å². The van der Waals surface area contributed by atoms with E-state index in [1.165, 1.54) is 12.0 Å². The minimum Gasteiger partial charge on any atom is -0.497 e. The van der Waals surface area contributed by atoms with E-state index < -0.39 is 0 Å². The lowest BCUT2D eigenvalue weighted by Crippen LogP contribution is -2.27. The van der Waals surface area contributed by atoms with Gasteiger partial charge in [0.15, 0.2) is 0 Å². The highest BCUT2D eigenvalue weighted by Gasteiger charge is 2.26. The summed E-state index contributed by atoms with van der Waals surface area (Å²) in [5.41, 5.74) is 2.36. The van der Waals surface area contributed by atoms with Gasteiger partial charge in [0.25, 0.3) is 0 Å². The van der Waals surface area contributed by atoms with E-state index in [1.807, 2.05) is 51.7 Å². The lowest BCUT2D eigenvalue weighted by Gasteiger charge is -2.24. The standard InChI is InChI=1S/C20H22N4OS/c1-25-18-11-9-16(10-12-18)19-8-5-13-22(19)15-24-20(26)23(14-21-24)17-6-3-2-4-7-17/h2-4,6-7,9-12,14,19H,5,8,13,15H2,1H3/t19-/m1/s1.